The Morgan fingerprint density at radius 2 is 1.95 bits per heavy atom. The molecular weight excluding hydrogens is 240 g/mol. The number of allylic oxidation sites excluding steroid dienone is 2. The van der Waals surface area contributed by atoms with E-state index in [1.54, 1.807) is 32.4 Å². The number of hydrogen-bond acceptors (Lipinski definition) is 3. The van der Waals surface area contributed by atoms with Crippen molar-refractivity contribution < 1.29 is 14.3 Å². The number of carbonyl (C=O) groups is 1. The van der Waals surface area contributed by atoms with Crippen molar-refractivity contribution in [3.8, 4) is 11.5 Å². The van der Waals surface area contributed by atoms with Gasteiger partial charge in [-0.25, -0.2) is 0 Å². The summed E-state index contributed by atoms with van der Waals surface area (Å²) in [5.74, 6) is 2.03. The second-order valence-electron chi connectivity index (χ2n) is 5.01. The van der Waals surface area contributed by atoms with Gasteiger partial charge in [-0.1, -0.05) is 13.0 Å². The standard InChI is InChI=1S/C16H20O3/c1-11-4-6-12(7-5-11)16(17)13-8-9-14(18-2)15(10-13)19-3/h6,8-11H,4-5,7H2,1-3H3. The van der Waals surface area contributed by atoms with Crippen LogP contribution >= 0.6 is 0 Å². The van der Waals surface area contributed by atoms with Crippen molar-refractivity contribution in [1.29, 1.82) is 0 Å². The molecule has 1 atom stereocenters. The molecule has 1 aliphatic rings. The van der Waals surface area contributed by atoms with Gasteiger partial charge in [0.05, 0.1) is 14.2 Å². The van der Waals surface area contributed by atoms with E-state index in [4.69, 9.17) is 9.47 Å². The lowest BCUT2D eigenvalue weighted by Gasteiger charge is -2.17. The van der Waals surface area contributed by atoms with Crippen molar-refractivity contribution in [2.24, 2.45) is 5.92 Å². The van der Waals surface area contributed by atoms with Crippen LogP contribution < -0.4 is 9.47 Å². The Bertz CT molecular complexity index is 503. The van der Waals surface area contributed by atoms with Crippen LogP contribution in [0.3, 0.4) is 0 Å². The van der Waals surface area contributed by atoms with Crippen molar-refractivity contribution in [3.63, 3.8) is 0 Å². The van der Waals surface area contributed by atoms with Crippen molar-refractivity contribution in [2.45, 2.75) is 26.2 Å². The molecule has 0 saturated heterocycles. The molecule has 1 aromatic rings. The molecule has 3 heteroatoms. The van der Waals surface area contributed by atoms with Crippen LogP contribution in [0.15, 0.2) is 29.8 Å². The molecule has 0 saturated carbocycles. The number of benzene rings is 1. The number of ketones is 1. The molecule has 0 aromatic heterocycles. The molecule has 0 heterocycles. The third kappa shape index (κ3) is 2.98. The summed E-state index contributed by atoms with van der Waals surface area (Å²) in [4.78, 5) is 12.4. The molecule has 2 rings (SSSR count). The Morgan fingerprint density at radius 1 is 1.21 bits per heavy atom. The monoisotopic (exact) mass is 260 g/mol. The number of hydrogen-bond donors (Lipinski definition) is 0. The highest BCUT2D eigenvalue weighted by atomic mass is 16.5. The zero-order valence-corrected chi connectivity index (χ0v) is 11.7. The normalized spacial score (nSPS) is 18.7. The minimum absolute atomic E-state index is 0.104. The first-order valence-electron chi connectivity index (χ1n) is 6.61. The van der Waals surface area contributed by atoms with Crippen molar-refractivity contribution in [1.82, 2.24) is 0 Å². The lowest BCUT2D eigenvalue weighted by Crippen LogP contribution is -2.10. The summed E-state index contributed by atoms with van der Waals surface area (Å²) >= 11 is 0. The van der Waals surface area contributed by atoms with E-state index in [9.17, 15) is 4.79 Å². The van der Waals surface area contributed by atoms with E-state index in [2.05, 4.69) is 13.0 Å². The minimum atomic E-state index is 0.104. The Labute approximate surface area is 114 Å². The Hall–Kier alpha value is -1.77. The molecule has 102 valence electrons. The van der Waals surface area contributed by atoms with Gasteiger partial charge in [-0.15, -0.1) is 0 Å². The Morgan fingerprint density at radius 3 is 2.53 bits per heavy atom. The lowest BCUT2D eigenvalue weighted by molar-refractivity contribution is 0.102. The van der Waals surface area contributed by atoms with E-state index in [-0.39, 0.29) is 5.78 Å². The van der Waals surface area contributed by atoms with E-state index in [0.29, 0.717) is 23.0 Å². The van der Waals surface area contributed by atoms with E-state index in [1.807, 2.05) is 0 Å². The second kappa shape index (κ2) is 5.91. The summed E-state index contributed by atoms with van der Waals surface area (Å²) in [6, 6.07) is 5.32. The first kappa shape index (κ1) is 13.7. The Kier molecular flexibility index (Phi) is 4.25. The topological polar surface area (TPSA) is 35.5 Å². The smallest absolute Gasteiger partial charge is 0.188 e. The van der Waals surface area contributed by atoms with Gasteiger partial charge in [-0.05, 0) is 49.0 Å². The zero-order chi connectivity index (χ0) is 13.8. The molecule has 1 aliphatic carbocycles. The van der Waals surface area contributed by atoms with Gasteiger partial charge < -0.3 is 9.47 Å². The minimum Gasteiger partial charge on any atom is -0.493 e. The molecule has 0 spiro atoms. The average Bonchev–Trinajstić information content (AvgIpc) is 2.46. The molecule has 0 bridgehead atoms. The highest BCUT2D eigenvalue weighted by molar-refractivity contribution is 6.09. The maximum absolute atomic E-state index is 12.4. The predicted octanol–water partition coefficient (Wildman–Crippen LogP) is 3.63. The van der Waals surface area contributed by atoms with Crippen LogP contribution in [0.25, 0.3) is 0 Å². The average molecular weight is 260 g/mol. The van der Waals surface area contributed by atoms with Crippen molar-refractivity contribution in [3.05, 3.63) is 35.4 Å². The zero-order valence-electron chi connectivity index (χ0n) is 11.7. The highest BCUT2D eigenvalue weighted by Gasteiger charge is 2.18. The van der Waals surface area contributed by atoms with Crippen LogP contribution in [0.2, 0.25) is 0 Å². The van der Waals surface area contributed by atoms with Crippen LogP contribution in [0.1, 0.15) is 36.5 Å². The molecule has 0 N–H and O–H groups in total. The van der Waals surface area contributed by atoms with Crippen molar-refractivity contribution >= 4 is 5.78 Å². The highest BCUT2D eigenvalue weighted by Crippen LogP contribution is 2.30. The number of methoxy groups -OCH3 is 2. The summed E-state index contributed by atoms with van der Waals surface area (Å²) in [6.07, 6.45) is 5.03. The van der Waals surface area contributed by atoms with Gasteiger partial charge in [0, 0.05) is 5.56 Å². The molecular formula is C16H20O3. The number of Topliss-reactive ketones (excluding diaryl/α,β-unsaturated/α-hetero) is 1. The quantitative estimate of drug-likeness (QED) is 0.775. The van der Waals surface area contributed by atoms with Gasteiger partial charge >= 0.3 is 0 Å². The maximum atomic E-state index is 12.4. The molecule has 0 aliphatic heterocycles. The molecule has 1 unspecified atom stereocenters. The fourth-order valence-electron chi connectivity index (χ4n) is 2.33. The fourth-order valence-corrected chi connectivity index (χ4v) is 2.33. The number of rotatable bonds is 4. The van der Waals surface area contributed by atoms with Crippen LogP contribution in [0.4, 0.5) is 0 Å². The lowest BCUT2D eigenvalue weighted by atomic mass is 9.87. The van der Waals surface area contributed by atoms with E-state index >= 15 is 0 Å². The molecule has 1 aromatic carbocycles. The van der Waals surface area contributed by atoms with Gasteiger partial charge in [0.25, 0.3) is 0 Å². The largest absolute Gasteiger partial charge is 0.493 e. The van der Waals surface area contributed by atoms with Crippen LogP contribution in [-0.2, 0) is 0 Å². The van der Waals surface area contributed by atoms with Gasteiger partial charge in [-0.2, -0.15) is 0 Å². The maximum Gasteiger partial charge on any atom is 0.188 e. The first-order valence-corrected chi connectivity index (χ1v) is 6.61. The predicted molar refractivity (Wildman–Crippen MR) is 75.0 cm³/mol. The van der Waals surface area contributed by atoms with Crippen LogP contribution in [0, 0.1) is 5.92 Å². The van der Waals surface area contributed by atoms with E-state index < -0.39 is 0 Å². The fraction of sp³-hybridized carbons (Fsp3) is 0.438. The third-order valence-electron chi connectivity index (χ3n) is 3.61. The first-order chi connectivity index (χ1) is 9.15. The van der Waals surface area contributed by atoms with Gasteiger partial charge in [0.1, 0.15) is 0 Å². The van der Waals surface area contributed by atoms with Gasteiger partial charge in [-0.3, -0.25) is 4.79 Å². The summed E-state index contributed by atoms with van der Waals surface area (Å²) in [5, 5.41) is 0. The van der Waals surface area contributed by atoms with Crippen LogP contribution in [-0.4, -0.2) is 20.0 Å². The SMILES string of the molecule is COc1ccc(C(=O)C2=CCC(C)CC2)cc1OC. The summed E-state index contributed by atoms with van der Waals surface area (Å²) in [7, 11) is 3.16. The summed E-state index contributed by atoms with van der Waals surface area (Å²) < 4.78 is 10.4. The van der Waals surface area contributed by atoms with Gasteiger partial charge in [0.2, 0.25) is 0 Å². The van der Waals surface area contributed by atoms with Gasteiger partial charge in [0.15, 0.2) is 17.3 Å². The summed E-state index contributed by atoms with van der Waals surface area (Å²) in [6.45, 7) is 2.22. The number of carbonyl (C=O) groups excluding carboxylic acids is 1. The summed E-state index contributed by atoms with van der Waals surface area (Å²) in [5.41, 5.74) is 1.59. The molecule has 0 radical (unpaired) electrons. The van der Waals surface area contributed by atoms with Crippen LogP contribution in [0.5, 0.6) is 11.5 Å². The molecule has 0 fully saturated rings. The molecule has 3 nitrogen and oxygen atoms in total. The second-order valence-corrected chi connectivity index (χ2v) is 5.01. The molecule has 19 heavy (non-hydrogen) atoms. The van der Waals surface area contributed by atoms with E-state index in [0.717, 1.165) is 24.8 Å². The third-order valence-corrected chi connectivity index (χ3v) is 3.61. The van der Waals surface area contributed by atoms with Crippen molar-refractivity contribution in [2.75, 3.05) is 14.2 Å². The van der Waals surface area contributed by atoms with E-state index in [1.165, 1.54) is 0 Å². The molecule has 0 amide bonds. The Balaban J connectivity index is 2.24. The number of ether oxygens (including phenoxy) is 2.